The topological polar surface area (TPSA) is 151 Å². The van der Waals surface area contributed by atoms with Gasteiger partial charge in [0.2, 0.25) is 0 Å². The second-order valence-corrected chi connectivity index (χ2v) is 12.9. The summed E-state index contributed by atoms with van der Waals surface area (Å²) < 4.78 is 12.4. The maximum Gasteiger partial charge on any atom is 0.263 e. The molecular weight excluding hydrogens is 700 g/mol. The van der Waals surface area contributed by atoms with Crippen LogP contribution >= 0.6 is 0 Å². The van der Waals surface area contributed by atoms with Crippen LogP contribution in [0.2, 0.25) is 0 Å². The third kappa shape index (κ3) is 6.42. The number of fused-ring (bicyclic) bond motifs is 3. The third-order valence-electron chi connectivity index (χ3n) is 9.41. The van der Waals surface area contributed by atoms with Gasteiger partial charge in [0, 0.05) is 41.0 Å². The number of benzene rings is 6. The summed E-state index contributed by atoms with van der Waals surface area (Å²) in [6, 6.07) is 34.1. The van der Waals surface area contributed by atoms with Gasteiger partial charge in [0.15, 0.2) is 5.78 Å². The summed E-state index contributed by atoms with van der Waals surface area (Å²) >= 11 is 0. The van der Waals surface area contributed by atoms with Crippen LogP contribution in [-0.4, -0.2) is 58.8 Å². The van der Waals surface area contributed by atoms with Gasteiger partial charge in [-0.2, -0.15) is 0 Å². The Bertz CT molecular complexity index is 2620. The fraction of sp³-hybridized carbons (Fsp3) is 0.0698. The molecule has 2 aliphatic rings. The van der Waals surface area contributed by atoms with E-state index in [1.54, 1.807) is 24.3 Å². The van der Waals surface area contributed by atoms with E-state index in [1.165, 1.54) is 43.3 Å². The zero-order valence-corrected chi connectivity index (χ0v) is 29.4. The summed E-state index contributed by atoms with van der Waals surface area (Å²) in [5.74, 6) is -1.34. The smallest absolute Gasteiger partial charge is 0.263 e. The van der Waals surface area contributed by atoms with Crippen molar-refractivity contribution in [2.75, 3.05) is 24.3 Å². The number of nitrogens with one attached hydrogen (secondary N) is 2. The van der Waals surface area contributed by atoms with Crippen LogP contribution in [-0.2, 0) is 0 Å². The molecule has 5 amide bonds. The zero-order valence-electron chi connectivity index (χ0n) is 29.4. The van der Waals surface area contributed by atoms with Gasteiger partial charge in [-0.1, -0.05) is 30.3 Å². The van der Waals surface area contributed by atoms with E-state index in [-0.39, 0.29) is 39.2 Å². The molecule has 0 aliphatic carbocycles. The number of hydrogen-bond acceptors (Lipinski definition) is 9. The molecule has 8 rings (SSSR count). The molecule has 6 aromatic rings. The van der Waals surface area contributed by atoms with Crippen LogP contribution in [0.5, 0.6) is 23.0 Å². The average Bonchev–Trinajstić information content (AvgIpc) is 3.58. The van der Waals surface area contributed by atoms with Gasteiger partial charge < -0.3 is 20.1 Å². The predicted molar refractivity (Wildman–Crippen MR) is 203 cm³/mol. The van der Waals surface area contributed by atoms with Crippen molar-refractivity contribution in [2.24, 2.45) is 0 Å². The molecule has 0 saturated carbocycles. The number of nitrogens with zero attached hydrogens (tertiary/aromatic N) is 2. The van der Waals surface area contributed by atoms with Gasteiger partial charge >= 0.3 is 0 Å². The Balaban J connectivity index is 0.946. The average molecular weight is 731 g/mol. The number of imide groups is 2. The molecule has 270 valence electrons. The number of carbonyl (C=O) groups excluding carboxylic acids is 6. The van der Waals surface area contributed by atoms with Crippen molar-refractivity contribution in [1.82, 2.24) is 9.80 Å². The molecule has 2 N–H and O–H groups in total. The van der Waals surface area contributed by atoms with Crippen molar-refractivity contribution < 1.29 is 38.2 Å². The van der Waals surface area contributed by atoms with E-state index in [0.717, 1.165) is 26.3 Å². The van der Waals surface area contributed by atoms with Crippen LogP contribution < -0.4 is 20.1 Å². The van der Waals surface area contributed by atoms with Crippen molar-refractivity contribution in [2.45, 2.75) is 6.92 Å². The first-order chi connectivity index (χ1) is 26.6. The normalized spacial score (nSPS) is 13.2. The summed E-state index contributed by atoms with van der Waals surface area (Å²) in [5, 5.41) is 7.69. The van der Waals surface area contributed by atoms with E-state index in [9.17, 15) is 28.8 Å². The van der Waals surface area contributed by atoms with E-state index >= 15 is 0 Å². The molecule has 0 bridgehead atoms. The molecular formula is C43H30N4O8. The minimum absolute atomic E-state index is 0.0210. The van der Waals surface area contributed by atoms with Crippen molar-refractivity contribution >= 4 is 57.5 Å². The Kier molecular flexibility index (Phi) is 8.62. The third-order valence-corrected chi connectivity index (χ3v) is 9.41. The van der Waals surface area contributed by atoms with Gasteiger partial charge in [0.1, 0.15) is 29.7 Å². The minimum atomic E-state index is -0.758. The lowest BCUT2D eigenvalue weighted by Gasteiger charge is -2.20. The van der Waals surface area contributed by atoms with Crippen molar-refractivity contribution in [1.29, 1.82) is 0 Å². The summed E-state index contributed by atoms with van der Waals surface area (Å²) in [7, 11) is 1.85. The standard InChI is InChI=1S/C43H30N4O8/c1-24(48)25-7-17-34-36(20-25)42(52)46(40(34)50)23-47-41(51)35-18-8-27(21-37(35)43(47)53)39(49)45-29-11-15-31(16-12-29)55-38-22-32(19-26-5-3-4-6-33(26)38)54-30-13-9-28(44-2)10-14-30/h3-22,44H,23H2,1-2H3,(H,45,49). The molecule has 0 spiro atoms. The van der Waals surface area contributed by atoms with Gasteiger partial charge in [-0.3, -0.25) is 38.6 Å². The highest BCUT2D eigenvalue weighted by molar-refractivity contribution is 6.25. The number of carbonyl (C=O) groups is 6. The summed E-state index contributed by atoms with van der Waals surface area (Å²) in [4.78, 5) is 79.5. The second-order valence-electron chi connectivity index (χ2n) is 12.9. The quantitative estimate of drug-likeness (QED) is 0.106. The maximum atomic E-state index is 13.4. The van der Waals surface area contributed by atoms with Crippen LogP contribution in [0.4, 0.5) is 11.4 Å². The molecule has 2 aliphatic heterocycles. The largest absolute Gasteiger partial charge is 0.457 e. The zero-order chi connectivity index (χ0) is 38.4. The van der Waals surface area contributed by atoms with Crippen LogP contribution in [0, 0.1) is 0 Å². The monoisotopic (exact) mass is 730 g/mol. The highest BCUT2D eigenvalue weighted by Gasteiger charge is 2.42. The van der Waals surface area contributed by atoms with E-state index in [1.807, 2.05) is 67.7 Å². The Labute approximate surface area is 313 Å². The lowest BCUT2D eigenvalue weighted by atomic mass is 10.0. The van der Waals surface area contributed by atoms with Crippen LogP contribution in [0.1, 0.15) is 69.1 Å². The highest BCUT2D eigenvalue weighted by atomic mass is 16.5. The number of ketones is 1. The SMILES string of the molecule is CNc1ccc(Oc2cc(Oc3ccc(NC(=O)c4ccc5c(c4)C(=O)N(CN4C(=O)c6ccc(C(C)=O)cc6C4=O)C5=O)cc3)c3ccccc3c2)cc1. The molecule has 12 heteroatoms. The van der Waals surface area contributed by atoms with Gasteiger partial charge in [0.05, 0.1) is 22.3 Å². The Morgan fingerprint density at radius 1 is 0.564 bits per heavy atom. The van der Waals surface area contributed by atoms with E-state index in [0.29, 0.717) is 28.7 Å². The maximum absolute atomic E-state index is 13.4. The molecule has 0 fully saturated rings. The molecule has 0 atom stereocenters. The number of anilines is 2. The van der Waals surface area contributed by atoms with Crippen LogP contribution in [0.15, 0.2) is 121 Å². The first kappa shape index (κ1) is 34.5. The number of ether oxygens (including phenoxy) is 2. The van der Waals surface area contributed by atoms with Crippen LogP contribution in [0.25, 0.3) is 10.8 Å². The molecule has 0 saturated heterocycles. The fourth-order valence-corrected chi connectivity index (χ4v) is 6.49. The molecule has 0 radical (unpaired) electrons. The lowest BCUT2D eigenvalue weighted by molar-refractivity contribution is 0.0470. The number of Topliss-reactive ketones (excluding diaryl/α,β-unsaturated/α-hetero) is 1. The Hall–Kier alpha value is -7.60. The van der Waals surface area contributed by atoms with Gasteiger partial charge in [-0.15, -0.1) is 0 Å². The summed E-state index contributed by atoms with van der Waals surface area (Å²) in [6.45, 7) is 0.716. The second kappa shape index (κ2) is 13.7. The Morgan fingerprint density at radius 2 is 1.11 bits per heavy atom. The minimum Gasteiger partial charge on any atom is -0.457 e. The van der Waals surface area contributed by atoms with Crippen LogP contribution in [0.3, 0.4) is 0 Å². The fourth-order valence-electron chi connectivity index (χ4n) is 6.49. The molecule has 0 aromatic heterocycles. The van der Waals surface area contributed by atoms with Gasteiger partial charge in [0.25, 0.3) is 29.5 Å². The highest BCUT2D eigenvalue weighted by Crippen LogP contribution is 2.37. The number of amides is 5. The molecule has 2 heterocycles. The first-order valence-electron chi connectivity index (χ1n) is 17.2. The molecule has 6 aromatic carbocycles. The number of hydrogen-bond donors (Lipinski definition) is 2. The van der Waals surface area contributed by atoms with Gasteiger partial charge in [-0.25, -0.2) is 0 Å². The van der Waals surface area contributed by atoms with Gasteiger partial charge in [-0.05, 0) is 97.2 Å². The summed E-state index contributed by atoms with van der Waals surface area (Å²) in [6.07, 6.45) is 0. The molecule has 0 unspecified atom stereocenters. The van der Waals surface area contributed by atoms with Crippen molar-refractivity contribution in [3.8, 4) is 23.0 Å². The van der Waals surface area contributed by atoms with Crippen molar-refractivity contribution in [3.63, 3.8) is 0 Å². The Morgan fingerprint density at radius 3 is 1.73 bits per heavy atom. The van der Waals surface area contributed by atoms with E-state index in [4.69, 9.17) is 9.47 Å². The number of rotatable bonds is 10. The van der Waals surface area contributed by atoms with E-state index in [2.05, 4.69) is 10.6 Å². The first-order valence-corrected chi connectivity index (χ1v) is 17.2. The summed E-state index contributed by atoms with van der Waals surface area (Å²) in [5.41, 5.74) is 1.88. The predicted octanol–water partition coefficient (Wildman–Crippen LogP) is 7.77. The molecule has 55 heavy (non-hydrogen) atoms. The van der Waals surface area contributed by atoms with Crippen molar-refractivity contribution in [3.05, 3.63) is 155 Å². The van der Waals surface area contributed by atoms with E-state index < -0.39 is 36.2 Å². The molecule has 12 nitrogen and oxygen atoms in total. The lowest BCUT2D eigenvalue weighted by Crippen LogP contribution is -2.43.